The third-order valence-electron chi connectivity index (χ3n) is 2.58. The highest BCUT2D eigenvalue weighted by Crippen LogP contribution is 2.19. The first-order chi connectivity index (χ1) is 8.56. The molecular formula is C12H13ClFN3O. The summed E-state index contributed by atoms with van der Waals surface area (Å²) >= 11 is 5.68. The van der Waals surface area contributed by atoms with E-state index in [-0.39, 0.29) is 11.4 Å². The number of benzene rings is 1. The van der Waals surface area contributed by atoms with E-state index in [2.05, 4.69) is 10.3 Å². The van der Waals surface area contributed by atoms with Crippen LogP contribution in [0.25, 0.3) is 0 Å². The number of aliphatic hydroxyl groups is 1. The van der Waals surface area contributed by atoms with Gasteiger partial charge in [-0.05, 0) is 11.6 Å². The molecule has 4 nitrogen and oxygen atoms in total. The van der Waals surface area contributed by atoms with Gasteiger partial charge in [0.2, 0.25) is 0 Å². The second kappa shape index (κ2) is 5.46. The van der Waals surface area contributed by atoms with E-state index in [4.69, 9.17) is 11.6 Å². The van der Waals surface area contributed by atoms with Gasteiger partial charge in [-0.1, -0.05) is 28.9 Å². The minimum Gasteiger partial charge on any atom is -0.392 e. The van der Waals surface area contributed by atoms with Crippen molar-refractivity contribution in [2.75, 3.05) is 0 Å². The van der Waals surface area contributed by atoms with E-state index in [1.165, 1.54) is 6.07 Å². The standard InChI is InChI=1S/C12H13ClFN3O/c1-17-7-9(15-16-17)6-10(18)5-8-3-2-4-11(13)12(8)14/h2-4,7,10,18H,5-6H2,1H3. The van der Waals surface area contributed by atoms with Crippen LogP contribution in [0.1, 0.15) is 11.3 Å². The number of rotatable bonds is 4. The van der Waals surface area contributed by atoms with Crippen molar-refractivity contribution in [3.63, 3.8) is 0 Å². The van der Waals surface area contributed by atoms with Crippen LogP contribution in [0.4, 0.5) is 4.39 Å². The molecule has 1 aromatic carbocycles. The first-order valence-electron chi connectivity index (χ1n) is 5.52. The van der Waals surface area contributed by atoms with Crippen molar-refractivity contribution in [1.29, 1.82) is 0 Å². The highest BCUT2D eigenvalue weighted by Gasteiger charge is 2.13. The molecule has 0 saturated heterocycles. The summed E-state index contributed by atoms with van der Waals surface area (Å²) in [5.41, 5.74) is 1.08. The van der Waals surface area contributed by atoms with E-state index in [0.717, 1.165) is 0 Å². The summed E-state index contributed by atoms with van der Waals surface area (Å²) in [4.78, 5) is 0. The van der Waals surface area contributed by atoms with Crippen LogP contribution in [0.2, 0.25) is 5.02 Å². The smallest absolute Gasteiger partial charge is 0.145 e. The topological polar surface area (TPSA) is 50.9 Å². The van der Waals surface area contributed by atoms with Gasteiger partial charge in [-0.15, -0.1) is 5.10 Å². The van der Waals surface area contributed by atoms with Crippen LogP contribution >= 0.6 is 11.6 Å². The molecule has 1 aromatic heterocycles. The predicted octanol–water partition coefficient (Wildman–Crippen LogP) is 1.75. The summed E-state index contributed by atoms with van der Waals surface area (Å²) in [6.45, 7) is 0. The Balaban J connectivity index is 2.03. The maximum Gasteiger partial charge on any atom is 0.145 e. The van der Waals surface area contributed by atoms with Crippen LogP contribution in [-0.4, -0.2) is 26.2 Å². The van der Waals surface area contributed by atoms with Gasteiger partial charge in [-0.2, -0.15) is 0 Å². The second-order valence-corrected chi connectivity index (χ2v) is 4.57. The summed E-state index contributed by atoms with van der Waals surface area (Å²) in [6, 6.07) is 4.76. The number of aliphatic hydroxyl groups excluding tert-OH is 1. The fourth-order valence-corrected chi connectivity index (χ4v) is 1.96. The summed E-state index contributed by atoms with van der Waals surface area (Å²) < 4.78 is 15.2. The molecule has 0 bridgehead atoms. The maximum absolute atomic E-state index is 13.6. The molecular weight excluding hydrogens is 257 g/mol. The lowest BCUT2D eigenvalue weighted by molar-refractivity contribution is 0.173. The Morgan fingerprint density at radius 3 is 2.89 bits per heavy atom. The monoisotopic (exact) mass is 269 g/mol. The Kier molecular flexibility index (Phi) is 3.93. The number of nitrogens with zero attached hydrogens (tertiary/aromatic N) is 3. The molecule has 0 aliphatic rings. The average Bonchev–Trinajstić information content (AvgIpc) is 2.70. The molecule has 96 valence electrons. The van der Waals surface area contributed by atoms with E-state index in [9.17, 15) is 9.50 Å². The Bertz CT molecular complexity index is 544. The van der Waals surface area contributed by atoms with Gasteiger partial charge in [0.25, 0.3) is 0 Å². The molecule has 1 N–H and O–H groups in total. The first-order valence-corrected chi connectivity index (χ1v) is 5.90. The molecule has 0 fully saturated rings. The number of aryl methyl sites for hydroxylation is 1. The van der Waals surface area contributed by atoms with E-state index in [1.54, 1.807) is 30.1 Å². The zero-order valence-corrected chi connectivity index (χ0v) is 10.6. The molecule has 2 aromatic rings. The normalized spacial score (nSPS) is 12.7. The number of halogens is 2. The quantitative estimate of drug-likeness (QED) is 0.920. The van der Waals surface area contributed by atoms with Gasteiger partial charge in [0.1, 0.15) is 5.82 Å². The van der Waals surface area contributed by atoms with Crippen molar-refractivity contribution in [2.45, 2.75) is 18.9 Å². The molecule has 0 amide bonds. The van der Waals surface area contributed by atoms with Crippen LogP contribution in [0.5, 0.6) is 0 Å². The lowest BCUT2D eigenvalue weighted by Crippen LogP contribution is -2.15. The Morgan fingerprint density at radius 2 is 2.22 bits per heavy atom. The summed E-state index contributed by atoms with van der Waals surface area (Å²) in [5.74, 6) is -0.475. The van der Waals surface area contributed by atoms with Gasteiger partial charge < -0.3 is 5.11 Å². The average molecular weight is 270 g/mol. The van der Waals surface area contributed by atoms with Crippen molar-refractivity contribution in [3.8, 4) is 0 Å². The van der Waals surface area contributed by atoms with Crippen molar-refractivity contribution in [2.24, 2.45) is 7.05 Å². The molecule has 0 radical (unpaired) electrons. The molecule has 6 heteroatoms. The van der Waals surface area contributed by atoms with Gasteiger partial charge >= 0.3 is 0 Å². The van der Waals surface area contributed by atoms with Crippen LogP contribution in [0, 0.1) is 5.82 Å². The van der Waals surface area contributed by atoms with Gasteiger partial charge in [0.05, 0.1) is 16.8 Å². The molecule has 0 spiro atoms. The number of hydrogen-bond acceptors (Lipinski definition) is 3. The lowest BCUT2D eigenvalue weighted by Gasteiger charge is -2.10. The van der Waals surface area contributed by atoms with E-state index < -0.39 is 11.9 Å². The van der Waals surface area contributed by atoms with Crippen molar-refractivity contribution >= 4 is 11.6 Å². The van der Waals surface area contributed by atoms with E-state index >= 15 is 0 Å². The summed E-state index contributed by atoms with van der Waals surface area (Å²) in [7, 11) is 1.75. The Hall–Kier alpha value is -1.46. The summed E-state index contributed by atoms with van der Waals surface area (Å²) in [6.07, 6.45) is 1.54. The Labute approximate surface area is 109 Å². The van der Waals surface area contributed by atoms with Gasteiger partial charge in [-0.3, -0.25) is 4.68 Å². The van der Waals surface area contributed by atoms with Crippen molar-refractivity contribution in [3.05, 3.63) is 46.5 Å². The second-order valence-electron chi connectivity index (χ2n) is 4.16. The third kappa shape index (κ3) is 3.05. The van der Waals surface area contributed by atoms with Gasteiger partial charge in [0, 0.05) is 26.1 Å². The minimum atomic E-state index is -0.713. The third-order valence-corrected chi connectivity index (χ3v) is 2.87. The van der Waals surface area contributed by atoms with Crippen LogP contribution < -0.4 is 0 Å². The van der Waals surface area contributed by atoms with Crippen molar-refractivity contribution in [1.82, 2.24) is 15.0 Å². The number of hydrogen-bond donors (Lipinski definition) is 1. The molecule has 0 saturated carbocycles. The highest BCUT2D eigenvalue weighted by atomic mass is 35.5. The molecule has 1 atom stereocenters. The lowest BCUT2D eigenvalue weighted by atomic mass is 10.0. The highest BCUT2D eigenvalue weighted by molar-refractivity contribution is 6.30. The van der Waals surface area contributed by atoms with E-state index in [0.29, 0.717) is 17.7 Å². The fourth-order valence-electron chi connectivity index (χ4n) is 1.76. The van der Waals surface area contributed by atoms with Crippen LogP contribution in [-0.2, 0) is 19.9 Å². The van der Waals surface area contributed by atoms with Crippen molar-refractivity contribution < 1.29 is 9.50 Å². The zero-order valence-electron chi connectivity index (χ0n) is 9.85. The molecule has 1 heterocycles. The summed E-state index contributed by atoms with van der Waals surface area (Å²) in [5, 5.41) is 17.6. The fraction of sp³-hybridized carbons (Fsp3) is 0.333. The zero-order chi connectivity index (χ0) is 13.1. The SMILES string of the molecule is Cn1cc(CC(O)Cc2cccc(Cl)c2F)nn1. The minimum absolute atomic E-state index is 0.0687. The van der Waals surface area contributed by atoms with E-state index in [1.807, 2.05) is 0 Å². The molecule has 0 aliphatic heterocycles. The maximum atomic E-state index is 13.6. The van der Waals surface area contributed by atoms with Gasteiger partial charge in [-0.25, -0.2) is 4.39 Å². The van der Waals surface area contributed by atoms with Crippen LogP contribution in [0.15, 0.2) is 24.4 Å². The molecule has 2 rings (SSSR count). The number of aromatic nitrogens is 3. The first kappa shape index (κ1) is 13.0. The molecule has 0 aliphatic carbocycles. The van der Waals surface area contributed by atoms with Gasteiger partial charge in [0.15, 0.2) is 0 Å². The van der Waals surface area contributed by atoms with Crippen LogP contribution in [0.3, 0.4) is 0 Å². The molecule has 1 unspecified atom stereocenters. The predicted molar refractivity (Wildman–Crippen MR) is 65.8 cm³/mol. The Morgan fingerprint density at radius 1 is 1.44 bits per heavy atom. The molecule has 18 heavy (non-hydrogen) atoms. The largest absolute Gasteiger partial charge is 0.392 e.